The first-order chi connectivity index (χ1) is 11.7. The SMILES string of the molecule is CCOc1ccc(-n2c(C)nnc2SCc2cccc(C)c2)cc1. The summed E-state index contributed by atoms with van der Waals surface area (Å²) in [6.07, 6.45) is 0. The predicted molar refractivity (Wildman–Crippen MR) is 98.0 cm³/mol. The number of nitrogens with zero attached hydrogens (tertiary/aromatic N) is 3. The first-order valence-electron chi connectivity index (χ1n) is 8.01. The lowest BCUT2D eigenvalue weighted by Gasteiger charge is -2.10. The minimum Gasteiger partial charge on any atom is -0.494 e. The molecule has 1 heterocycles. The minimum absolute atomic E-state index is 0.669. The maximum absolute atomic E-state index is 5.51. The number of benzene rings is 2. The fourth-order valence-electron chi connectivity index (χ4n) is 2.54. The summed E-state index contributed by atoms with van der Waals surface area (Å²) in [5.74, 6) is 2.63. The van der Waals surface area contributed by atoms with Crippen LogP contribution < -0.4 is 4.74 Å². The molecule has 24 heavy (non-hydrogen) atoms. The normalized spacial score (nSPS) is 10.8. The van der Waals surface area contributed by atoms with Gasteiger partial charge < -0.3 is 4.74 Å². The number of hydrogen-bond donors (Lipinski definition) is 0. The molecule has 124 valence electrons. The van der Waals surface area contributed by atoms with Crippen molar-refractivity contribution in [1.29, 1.82) is 0 Å². The van der Waals surface area contributed by atoms with Crippen molar-refractivity contribution in [3.8, 4) is 11.4 Å². The molecule has 0 aliphatic carbocycles. The molecule has 0 amide bonds. The van der Waals surface area contributed by atoms with E-state index in [4.69, 9.17) is 4.74 Å². The summed E-state index contributed by atoms with van der Waals surface area (Å²) in [5.41, 5.74) is 3.61. The van der Waals surface area contributed by atoms with E-state index in [1.165, 1.54) is 11.1 Å². The van der Waals surface area contributed by atoms with Crippen LogP contribution in [0.2, 0.25) is 0 Å². The number of rotatable bonds is 6. The van der Waals surface area contributed by atoms with Crippen molar-refractivity contribution in [3.63, 3.8) is 0 Å². The van der Waals surface area contributed by atoms with Crippen LogP contribution in [0.15, 0.2) is 53.7 Å². The van der Waals surface area contributed by atoms with Gasteiger partial charge in [0.2, 0.25) is 0 Å². The molecule has 0 N–H and O–H groups in total. The molecule has 3 aromatic rings. The van der Waals surface area contributed by atoms with Gasteiger partial charge in [0.15, 0.2) is 5.16 Å². The Labute approximate surface area is 146 Å². The van der Waals surface area contributed by atoms with Crippen LogP contribution >= 0.6 is 11.8 Å². The molecule has 2 aromatic carbocycles. The number of hydrogen-bond acceptors (Lipinski definition) is 4. The lowest BCUT2D eigenvalue weighted by Crippen LogP contribution is -2.00. The maximum atomic E-state index is 5.51. The van der Waals surface area contributed by atoms with Crippen molar-refractivity contribution in [3.05, 3.63) is 65.5 Å². The van der Waals surface area contributed by atoms with E-state index in [-0.39, 0.29) is 0 Å². The maximum Gasteiger partial charge on any atom is 0.196 e. The molecule has 0 bridgehead atoms. The second-order valence-corrected chi connectivity index (χ2v) is 6.51. The molecular formula is C19H21N3OS. The summed E-state index contributed by atoms with van der Waals surface area (Å²) < 4.78 is 7.59. The standard InChI is InChI=1S/C19H21N3OS/c1-4-23-18-10-8-17(9-11-18)22-15(3)20-21-19(22)24-13-16-7-5-6-14(2)12-16/h5-12H,4,13H2,1-3H3. The smallest absolute Gasteiger partial charge is 0.196 e. The largest absolute Gasteiger partial charge is 0.494 e. The topological polar surface area (TPSA) is 39.9 Å². The molecule has 0 aliphatic heterocycles. The molecule has 0 atom stereocenters. The van der Waals surface area contributed by atoms with Crippen molar-refractivity contribution in [1.82, 2.24) is 14.8 Å². The second-order valence-electron chi connectivity index (χ2n) is 5.57. The van der Waals surface area contributed by atoms with E-state index in [0.29, 0.717) is 6.61 Å². The highest BCUT2D eigenvalue weighted by Crippen LogP contribution is 2.26. The molecule has 0 fully saturated rings. The Kier molecular flexibility index (Phi) is 5.20. The number of aromatic nitrogens is 3. The minimum atomic E-state index is 0.669. The highest BCUT2D eigenvalue weighted by atomic mass is 32.2. The van der Waals surface area contributed by atoms with Gasteiger partial charge in [0.25, 0.3) is 0 Å². The zero-order valence-corrected chi connectivity index (χ0v) is 15.0. The molecule has 0 aliphatic rings. The zero-order chi connectivity index (χ0) is 16.9. The molecule has 0 unspecified atom stereocenters. The average molecular weight is 339 g/mol. The first-order valence-corrected chi connectivity index (χ1v) is 8.99. The third-order valence-corrected chi connectivity index (χ3v) is 4.65. The highest BCUT2D eigenvalue weighted by Gasteiger charge is 2.12. The van der Waals surface area contributed by atoms with Crippen LogP contribution in [-0.4, -0.2) is 21.4 Å². The molecular weight excluding hydrogens is 318 g/mol. The molecule has 3 rings (SSSR count). The van der Waals surface area contributed by atoms with Gasteiger partial charge >= 0.3 is 0 Å². The quantitative estimate of drug-likeness (QED) is 0.617. The lowest BCUT2D eigenvalue weighted by molar-refractivity contribution is 0.340. The van der Waals surface area contributed by atoms with Crippen molar-refractivity contribution in [2.24, 2.45) is 0 Å². The summed E-state index contributed by atoms with van der Waals surface area (Å²) in [6.45, 7) is 6.74. The number of aryl methyl sites for hydroxylation is 2. The van der Waals surface area contributed by atoms with Crippen molar-refractivity contribution in [2.45, 2.75) is 31.7 Å². The van der Waals surface area contributed by atoms with Crippen LogP contribution in [0.1, 0.15) is 23.9 Å². The first kappa shape index (κ1) is 16.6. The van der Waals surface area contributed by atoms with Gasteiger partial charge in [-0.1, -0.05) is 41.6 Å². The Balaban J connectivity index is 1.80. The van der Waals surface area contributed by atoms with Crippen LogP contribution in [0.4, 0.5) is 0 Å². The van der Waals surface area contributed by atoms with Gasteiger partial charge in [-0.05, 0) is 50.6 Å². The van der Waals surface area contributed by atoms with E-state index >= 15 is 0 Å². The Morgan fingerprint density at radius 1 is 1.04 bits per heavy atom. The Bertz CT molecular complexity index is 812. The van der Waals surface area contributed by atoms with E-state index in [9.17, 15) is 0 Å². The van der Waals surface area contributed by atoms with Gasteiger partial charge in [-0.15, -0.1) is 10.2 Å². The van der Waals surface area contributed by atoms with Gasteiger partial charge in [-0.2, -0.15) is 0 Å². The zero-order valence-electron chi connectivity index (χ0n) is 14.2. The number of ether oxygens (including phenoxy) is 1. The van der Waals surface area contributed by atoms with Crippen molar-refractivity contribution < 1.29 is 4.74 Å². The van der Waals surface area contributed by atoms with Gasteiger partial charge in [-0.3, -0.25) is 4.57 Å². The van der Waals surface area contributed by atoms with Gasteiger partial charge in [0, 0.05) is 11.4 Å². The molecule has 0 radical (unpaired) electrons. The van der Waals surface area contributed by atoms with Gasteiger partial charge in [0.1, 0.15) is 11.6 Å². The Morgan fingerprint density at radius 3 is 2.54 bits per heavy atom. The third-order valence-electron chi connectivity index (χ3n) is 3.65. The van der Waals surface area contributed by atoms with Crippen molar-refractivity contribution >= 4 is 11.8 Å². The Hall–Kier alpha value is -2.27. The summed E-state index contributed by atoms with van der Waals surface area (Å²) in [6, 6.07) is 16.6. The van der Waals surface area contributed by atoms with Crippen LogP contribution in [0.3, 0.4) is 0 Å². The summed E-state index contributed by atoms with van der Waals surface area (Å²) in [4.78, 5) is 0. The van der Waals surface area contributed by atoms with E-state index in [1.54, 1.807) is 11.8 Å². The van der Waals surface area contributed by atoms with Gasteiger partial charge in [-0.25, -0.2) is 0 Å². The molecule has 4 nitrogen and oxygen atoms in total. The molecule has 0 spiro atoms. The van der Waals surface area contributed by atoms with Crippen LogP contribution in [0.5, 0.6) is 5.75 Å². The molecule has 0 saturated carbocycles. The summed E-state index contributed by atoms with van der Waals surface area (Å²) in [5, 5.41) is 9.48. The van der Waals surface area contributed by atoms with Crippen molar-refractivity contribution in [2.75, 3.05) is 6.61 Å². The van der Waals surface area contributed by atoms with Crippen LogP contribution in [-0.2, 0) is 5.75 Å². The third kappa shape index (κ3) is 3.79. The number of thioether (sulfide) groups is 1. The van der Waals surface area contributed by atoms with E-state index < -0.39 is 0 Å². The lowest BCUT2D eigenvalue weighted by atomic mass is 10.2. The molecule has 1 aromatic heterocycles. The second kappa shape index (κ2) is 7.53. The van der Waals surface area contributed by atoms with E-state index in [2.05, 4.69) is 46.0 Å². The van der Waals surface area contributed by atoms with E-state index in [1.807, 2.05) is 38.1 Å². The molecule has 5 heteroatoms. The summed E-state index contributed by atoms with van der Waals surface area (Å²) >= 11 is 1.70. The van der Waals surface area contributed by atoms with Gasteiger partial charge in [0.05, 0.1) is 6.61 Å². The monoisotopic (exact) mass is 339 g/mol. The highest BCUT2D eigenvalue weighted by molar-refractivity contribution is 7.98. The predicted octanol–water partition coefficient (Wildman–Crippen LogP) is 4.58. The fraction of sp³-hybridized carbons (Fsp3) is 0.263. The summed E-state index contributed by atoms with van der Waals surface area (Å²) in [7, 11) is 0. The molecule has 0 saturated heterocycles. The van der Waals surface area contributed by atoms with Crippen LogP contribution in [0, 0.1) is 13.8 Å². The van der Waals surface area contributed by atoms with E-state index in [0.717, 1.165) is 28.2 Å². The van der Waals surface area contributed by atoms with Crippen LogP contribution in [0.25, 0.3) is 5.69 Å². The average Bonchev–Trinajstić information content (AvgIpc) is 2.95. The fourth-order valence-corrected chi connectivity index (χ4v) is 3.48. The Morgan fingerprint density at radius 2 is 1.83 bits per heavy atom.